The van der Waals surface area contributed by atoms with Crippen LogP contribution in [-0.4, -0.2) is 6.04 Å². The van der Waals surface area contributed by atoms with E-state index in [-0.39, 0.29) is 0 Å². The zero-order valence-electron chi connectivity index (χ0n) is 9.13. The van der Waals surface area contributed by atoms with Gasteiger partial charge in [0.15, 0.2) is 0 Å². The van der Waals surface area contributed by atoms with Gasteiger partial charge in [0, 0.05) is 23.0 Å². The SMILES string of the molecule is C#CCC(C)NC(C)c1cccc(Br)c1. The molecule has 0 amide bonds. The number of nitrogens with one attached hydrogen (secondary N) is 1. The van der Waals surface area contributed by atoms with Crippen LogP contribution in [0.2, 0.25) is 0 Å². The van der Waals surface area contributed by atoms with Crippen molar-refractivity contribution >= 4 is 15.9 Å². The van der Waals surface area contributed by atoms with E-state index in [0.717, 1.165) is 10.9 Å². The van der Waals surface area contributed by atoms with Gasteiger partial charge in [-0.05, 0) is 31.5 Å². The summed E-state index contributed by atoms with van der Waals surface area (Å²) in [6.45, 7) is 4.25. The molecule has 0 aliphatic carbocycles. The zero-order valence-corrected chi connectivity index (χ0v) is 10.7. The molecular weight excluding hydrogens is 250 g/mol. The first kappa shape index (κ1) is 12.3. The highest BCUT2D eigenvalue weighted by Gasteiger charge is 2.08. The molecule has 0 spiro atoms. The van der Waals surface area contributed by atoms with Gasteiger partial charge >= 0.3 is 0 Å². The Balaban J connectivity index is 2.61. The summed E-state index contributed by atoms with van der Waals surface area (Å²) in [5.74, 6) is 2.66. The van der Waals surface area contributed by atoms with Gasteiger partial charge in [-0.2, -0.15) is 0 Å². The molecule has 1 N–H and O–H groups in total. The lowest BCUT2D eigenvalue weighted by atomic mass is 10.1. The lowest BCUT2D eigenvalue weighted by Crippen LogP contribution is -2.28. The summed E-state index contributed by atoms with van der Waals surface area (Å²) in [6.07, 6.45) is 6.03. The van der Waals surface area contributed by atoms with Gasteiger partial charge in [0.05, 0.1) is 0 Å². The van der Waals surface area contributed by atoms with Crippen LogP contribution in [0.4, 0.5) is 0 Å². The van der Waals surface area contributed by atoms with Crippen LogP contribution < -0.4 is 5.32 Å². The predicted molar refractivity (Wildman–Crippen MR) is 68.6 cm³/mol. The average Bonchev–Trinajstić information content (AvgIpc) is 2.18. The van der Waals surface area contributed by atoms with Crippen molar-refractivity contribution in [2.24, 2.45) is 0 Å². The smallest absolute Gasteiger partial charge is 0.0295 e. The monoisotopic (exact) mass is 265 g/mol. The summed E-state index contributed by atoms with van der Waals surface area (Å²) in [7, 11) is 0. The van der Waals surface area contributed by atoms with Crippen LogP contribution in [0.25, 0.3) is 0 Å². The first-order valence-electron chi connectivity index (χ1n) is 5.08. The standard InChI is InChI=1S/C13H16BrN/c1-4-6-10(2)15-11(3)12-7-5-8-13(14)9-12/h1,5,7-11,15H,6H2,2-3H3. The molecule has 0 aliphatic heterocycles. The summed E-state index contributed by atoms with van der Waals surface area (Å²) >= 11 is 3.47. The van der Waals surface area contributed by atoms with Crippen LogP contribution in [0.3, 0.4) is 0 Å². The molecule has 0 aliphatic rings. The molecule has 2 heteroatoms. The molecule has 2 unspecified atom stereocenters. The average molecular weight is 266 g/mol. The fourth-order valence-electron chi connectivity index (χ4n) is 1.53. The van der Waals surface area contributed by atoms with Gasteiger partial charge in [0.2, 0.25) is 0 Å². The van der Waals surface area contributed by atoms with Crippen LogP contribution in [0, 0.1) is 12.3 Å². The van der Waals surface area contributed by atoms with Gasteiger partial charge in [-0.15, -0.1) is 12.3 Å². The number of hydrogen-bond acceptors (Lipinski definition) is 1. The van der Waals surface area contributed by atoms with E-state index < -0.39 is 0 Å². The highest BCUT2D eigenvalue weighted by molar-refractivity contribution is 9.10. The molecule has 0 aromatic heterocycles. The van der Waals surface area contributed by atoms with E-state index in [1.54, 1.807) is 0 Å². The Bertz CT molecular complexity index is 354. The molecule has 1 aromatic rings. The van der Waals surface area contributed by atoms with E-state index in [9.17, 15) is 0 Å². The Labute approximate surface area is 100 Å². The second-order valence-electron chi connectivity index (χ2n) is 3.75. The minimum atomic E-state index is 0.325. The minimum Gasteiger partial charge on any atom is -0.307 e. The van der Waals surface area contributed by atoms with E-state index in [1.807, 2.05) is 12.1 Å². The predicted octanol–water partition coefficient (Wildman–Crippen LogP) is 3.51. The zero-order chi connectivity index (χ0) is 11.3. The van der Waals surface area contributed by atoms with Crippen molar-refractivity contribution in [3.8, 4) is 12.3 Å². The highest BCUT2D eigenvalue weighted by Crippen LogP contribution is 2.18. The Hall–Kier alpha value is -0.780. The maximum atomic E-state index is 5.27. The van der Waals surface area contributed by atoms with E-state index in [1.165, 1.54) is 5.56 Å². The largest absolute Gasteiger partial charge is 0.307 e. The second kappa shape index (κ2) is 5.95. The first-order valence-corrected chi connectivity index (χ1v) is 5.87. The van der Waals surface area contributed by atoms with Gasteiger partial charge in [-0.25, -0.2) is 0 Å². The third-order valence-corrected chi connectivity index (χ3v) is 2.80. The van der Waals surface area contributed by atoms with Crippen molar-refractivity contribution in [3.05, 3.63) is 34.3 Å². The minimum absolute atomic E-state index is 0.325. The summed E-state index contributed by atoms with van der Waals surface area (Å²) in [5, 5.41) is 3.46. The molecule has 2 atom stereocenters. The number of halogens is 1. The molecule has 1 aromatic carbocycles. The van der Waals surface area contributed by atoms with E-state index in [2.05, 4.69) is 53.1 Å². The van der Waals surface area contributed by atoms with Crippen LogP contribution in [0.1, 0.15) is 31.9 Å². The van der Waals surface area contributed by atoms with E-state index in [4.69, 9.17) is 6.42 Å². The molecule has 0 heterocycles. The molecule has 0 fully saturated rings. The highest BCUT2D eigenvalue weighted by atomic mass is 79.9. The fraction of sp³-hybridized carbons (Fsp3) is 0.385. The topological polar surface area (TPSA) is 12.0 Å². The van der Waals surface area contributed by atoms with Crippen LogP contribution in [-0.2, 0) is 0 Å². The molecule has 1 rings (SSSR count). The van der Waals surface area contributed by atoms with Gasteiger partial charge in [-0.3, -0.25) is 0 Å². The fourth-order valence-corrected chi connectivity index (χ4v) is 1.95. The Morgan fingerprint density at radius 2 is 2.20 bits per heavy atom. The molecule has 1 nitrogen and oxygen atoms in total. The van der Waals surface area contributed by atoms with Crippen molar-refractivity contribution in [1.82, 2.24) is 5.32 Å². The van der Waals surface area contributed by atoms with Crippen LogP contribution in [0.15, 0.2) is 28.7 Å². The first-order chi connectivity index (χ1) is 7.13. The Morgan fingerprint density at radius 3 is 2.80 bits per heavy atom. The molecule has 0 radical (unpaired) electrons. The number of terminal acetylenes is 1. The molecule has 15 heavy (non-hydrogen) atoms. The van der Waals surface area contributed by atoms with Gasteiger partial charge in [0.1, 0.15) is 0 Å². The quantitative estimate of drug-likeness (QED) is 0.822. The summed E-state index contributed by atoms with van der Waals surface area (Å²) in [4.78, 5) is 0. The van der Waals surface area contributed by atoms with Gasteiger partial charge < -0.3 is 5.32 Å². The molecule has 0 saturated carbocycles. The summed E-state index contributed by atoms with van der Waals surface area (Å²) in [5.41, 5.74) is 1.27. The van der Waals surface area contributed by atoms with Crippen molar-refractivity contribution in [3.63, 3.8) is 0 Å². The van der Waals surface area contributed by atoms with Gasteiger partial charge in [-0.1, -0.05) is 28.1 Å². The third-order valence-electron chi connectivity index (χ3n) is 2.31. The normalized spacial score (nSPS) is 14.3. The third kappa shape index (κ3) is 4.07. The van der Waals surface area contributed by atoms with Crippen molar-refractivity contribution < 1.29 is 0 Å². The maximum Gasteiger partial charge on any atom is 0.0295 e. The van der Waals surface area contributed by atoms with E-state index >= 15 is 0 Å². The molecular formula is C13H16BrN. The lowest BCUT2D eigenvalue weighted by molar-refractivity contribution is 0.486. The molecule has 0 bridgehead atoms. The summed E-state index contributed by atoms with van der Waals surface area (Å²) in [6, 6.07) is 8.99. The van der Waals surface area contributed by atoms with Crippen molar-refractivity contribution in [1.29, 1.82) is 0 Å². The van der Waals surface area contributed by atoms with Crippen molar-refractivity contribution in [2.45, 2.75) is 32.4 Å². The van der Waals surface area contributed by atoms with Crippen molar-refractivity contribution in [2.75, 3.05) is 0 Å². The number of hydrogen-bond donors (Lipinski definition) is 1. The van der Waals surface area contributed by atoms with Crippen LogP contribution >= 0.6 is 15.9 Å². The maximum absolute atomic E-state index is 5.27. The van der Waals surface area contributed by atoms with Gasteiger partial charge in [0.25, 0.3) is 0 Å². The molecule has 0 saturated heterocycles. The number of rotatable bonds is 4. The summed E-state index contributed by atoms with van der Waals surface area (Å²) < 4.78 is 1.11. The van der Waals surface area contributed by atoms with Crippen LogP contribution in [0.5, 0.6) is 0 Å². The molecule has 80 valence electrons. The van der Waals surface area contributed by atoms with E-state index in [0.29, 0.717) is 12.1 Å². The number of benzene rings is 1. The Morgan fingerprint density at radius 1 is 1.47 bits per heavy atom. The second-order valence-corrected chi connectivity index (χ2v) is 4.67. The Kier molecular flexibility index (Phi) is 4.87. The lowest BCUT2D eigenvalue weighted by Gasteiger charge is -2.18.